The van der Waals surface area contributed by atoms with Crippen LogP contribution >= 0.6 is 11.3 Å². The lowest BCUT2D eigenvalue weighted by Crippen LogP contribution is -2.09. The van der Waals surface area contributed by atoms with Crippen LogP contribution in [0.1, 0.15) is 26.4 Å². The third kappa shape index (κ3) is 3.65. The van der Waals surface area contributed by atoms with Crippen molar-refractivity contribution in [2.45, 2.75) is 20.5 Å². The van der Waals surface area contributed by atoms with E-state index in [4.69, 9.17) is 4.74 Å². The van der Waals surface area contributed by atoms with Crippen molar-refractivity contribution < 1.29 is 9.53 Å². The first kappa shape index (κ1) is 16.3. The van der Waals surface area contributed by atoms with Gasteiger partial charge in [-0.3, -0.25) is 9.48 Å². The van der Waals surface area contributed by atoms with E-state index in [0.29, 0.717) is 17.2 Å². The average Bonchev–Trinajstić information content (AvgIpc) is 3.18. The van der Waals surface area contributed by atoms with Crippen molar-refractivity contribution in [1.29, 1.82) is 0 Å². The van der Waals surface area contributed by atoms with Gasteiger partial charge < -0.3 is 10.1 Å². The third-order valence-electron chi connectivity index (χ3n) is 3.79. The normalized spacial score (nSPS) is 10.6. The summed E-state index contributed by atoms with van der Waals surface area (Å²) >= 11 is 1.41. The van der Waals surface area contributed by atoms with E-state index in [1.165, 1.54) is 16.9 Å². The van der Waals surface area contributed by atoms with E-state index in [0.717, 1.165) is 16.9 Å². The van der Waals surface area contributed by atoms with Crippen LogP contribution < -0.4 is 10.1 Å². The highest BCUT2D eigenvalue weighted by atomic mass is 32.1. The first-order chi connectivity index (χ1) is 11.5. The highest BCUT2D eigenvalue weighted by Gasteiger charge is 2.11. The van der Waals surface area contributed by atoms with Gasteiger partial charge in [-0.25, -0.2) is 0 Å². The summed E-state index contributed by atoms with van der Waals surface area (Å²) in [5.74, 6) is 0.744. The second-order valence-corrected chi connectivity index (χ2v) is 6.57. The highest BCUT2D eigenvalue weighted by molar-refractivity contribution is 7.12. The molecule has 0 fully saturated rings. The minimum Gasteiger partial charge on any atom is -0.489 e. The molecule has 5 nitrogen and oxygen atoms in total. The largest absolute Gasteiger partial charge is 0.489 e. The topological polar surface area (TPSA) is 56.1 Å². The fourth-order valence-corrected chi connectivity index (χ4v) is 3.08. The van der Waals surface area contributed by atoms with E-state index in [1.807, 2.05) is 37.6 Å². The van der Waals surface area contributed by atoms with Crippen molar-refractivity contribution in [2.24, 2.45) is 7.05 Å². The lowest BCUT2D eigenvalue weighted by atomic mass is 10.1. The number of nitrogens with zero attached hydrogens (tertiary/aromatic N) is 2. The molecule has 0 unspecified atom stereocenters. The van der Waals surface area contributed by atoms with Crippen LogP contribution in [-0.2, 0) is 13.7 Å². The Morgan fingerprint density at radius 1 is 1.38 bits per heavy atom. The maximum Gasteiger partial charge on any atom is 0.265 e. The number of benzene rings is 1. The van der Waals surface area contributed by atoms with E-state index in [2.05, 4.69) is 23.4 Å². The van der Waals surface area contributed by atoms with Crippen LogP contribution in [0.4, 0.5) is 5.69 Å². The lowest BCUT2D eigenvalue weighted by molar-refractivity contribution is 0.103. The first-order valence-corrected chi connectivity index (χ1v) is 8.47. The van der Waals surface area contributed by atoms with Gasteiger partial charge in [-0.15, -0.1) is 11.3 Å². The standard InChI is InChI=1S/C18H19N3O2S/c1-12-5-4-6-16(13(12)2)23-10-14-7-17(24-11-14)18(22)20-15-8-19-21(3)9-15/h4-9,11H,10H2,1-3H3,(H,20,22). The number of thiophene rings is 1. The summed E-state index contributed by atoms with van der Waals surface area (Å²) in [5.41, 5.74) is 4.01. The summed E-state index contributed by atoms with van der Waals surface area (Å²) in [6.07, 6.45) is 3.38. The molecule has 0 aliphatic heterocycles. The molecule has 0 saturated heterocycles. The smallest absolute Gasteiger partial charge is 0.265 e. The zero-order chi connectivity index (χ0) is 17.1. The SMILES string of the molecule is Cc1cccc(OCc2csc(C(=O)Nc3cnn(C)c3)c2)c1C. The van der Waals surface area contributed by atoms with Crippen LogP contribution in [0.15, 0.2) is 42.0 Å². The minimum absolute atomic E-state index is 0.133. The van der Waals surface area contributed by atoms with Gasteiger partial charge in [0.25, 0.3) is 5.91 Å². The van der Waals surface area contributed by atoms with Gasteiger partial charge in [0.2, 0.25) is 0 Å². The molecule has 2 heterocycles. The molecule has 0 saturated carbocycles. The molecule has 2 aromatic heterocycles. The Morgan fingerprint density at radius 2 is 2.21 bits per heavy atom. The monoisotopic (exact) mass is 341 g/mol. The van der Waals surface area contributed by atoms with Gasteiger partial charge >= 0.3 is 0 Å². The van der Waals surface area contributed by atoms with Crippen molar-refractivity contribution in [3.05, 3.63) is 63.6 Å². The van der Waals surface area contributed by atoms with Gasteiger partial charge in [-0.05, 0) is 42.5 Å². The molecule has 3 aromatic rings. The average molecular weight is 341 g/mol. The maximum atomic E-state index is 12.2. The fourth-order valence-electron chi connectivity index (χ4n) is 2.29. The van der Waals surface area contributed by atoms with Crippen molar-refractivity contribution >= 4 is 22.9 Å². The van der Waals surface area contributed by atoms with Gasteiger partial charge in [0.15, 0.2) is 0 Å². The second-order valence-electron chi connectivity index (χ2n) is 5.66. The Bertz CT molecular complexity index is 867. The Hall–Kier alpha value is -2.60. The number of nitrogens with one attached hydrogen (secondary N) is 1. The third-order valence-corrected chi connectivity index (χ3v) is 4.77. The molecule has 1 aromatic carbocycles. The summed E-state index contributed by atoms with van der Waals surface area (Å²) in [7, 11) is 1.81. The molecule has 6 heteroatoms. The van der Waals surface area contributed by atoms with E-state index >= 15 is 0 Å². The molecule has 0 aliphatic rings. The number of carbonyl (C=O) groups excluding carboxylic acids is 1. The quantitative estimate of drug-likeness (QED) is 0.765. The molecule has 0 atom stereocenters. The van der Waals surface area contributed by atoms with E-state index < -0.39 is 0 Å². The number of anilines is 1. The van der Waals surface area contributed by atoms with Gasteiger partial charge in [0, 0.05) is 18.8 Å². The Kier molecular flexibility index (Phi) is 4.66. The van der Waals surface area contributed by atoms with Crippen LogP contribution in [0.2, 0.25) is 0 Å². The highest BCUT2D eigenvalue weighted by Crippen LogP contribution is 2.23. The van der Waals surface area contributed by atoms with E-state index in [1.54, 1.807) is 17.1 Å². The molecule has 0 bridgehead atoms. The molecular formula is C18H19N3O2S. The lowest BCUT2D eigenvalue weighted by Gasteiger charge is -2.09. The predicted molar refractivity (Wildman–Crippen MR) is 95.7 cm³/mol. The first-order valence-electron chi connectivity index (χ1n) is 7.59. The molecular weight excluding hydrogens is 322 g/mol. The zero-order valence-corrected chi connectivity index (χ0v) is 14.7. The number of ether oxygens (including phenoxy) is 1. The van der Waals surface area contributed by atoms with Crippen LogP contribution in [0.25, 0.3) is 0 Å². The summed E-state index contributed by atoms with van der Waals surface area (Å²) < 4.78 is 7.53. The summed E-state index contributed by atoms with van der Waals surface area (Å²) in [5, 5.41) is 8.81. The predicted octanol–water partition coefficient (Wildman–Crippen LogP) is 3.93. The van der Waals surface area contributed by atoms with Gasteiger partial charge in [-0.1, -0.05) is 12.1 Å². The second kappa shape index (κ2) is 6.88. The van der Waals surface area contributed by atoms with Gasteiger partial charge in [-0.2, -0.15) is 5.10 Å². The van der Waals surface area contributed by atoms with Crippen molar-refractivity contribution in [3.8, 4) is 5.75 Å². The Balaban J connectivity index is 1.63. The molecule has 24 heavy (non-hydrogen) atoms. The van der Waals surface area contributed by atoms with Crippen molar-refractivity contribution in [2.75, 3.05) is 5.32 Å². The number of aromatic nitrogens is 2. The summed E-state index contributed by atoms with van der Waals surface area (Å²) in [6.45, 7) is 4.56. The number of carbonyl (C=O) groups is 1. The fraction of sp³-hybridized carbons (Fsp3) is 0.222. The van der Waals surface area contributed by atoms with Crippen LogP contribution in [-0.4, -0.2) is 15.7 Å². The summed E-state index contributed by atoms with van der Waals surface area (Å²) in [6, 6.07) is 7.87. The zero-order valence-electron chi connectivity index (χ0n) is 13.9. The molecule has 1 N–H and O–H groups in total. The number of rotatable bonds is 5. The minimum atomic E-state index is -0.133. The molecule has 124 valence electrons. The van der Waals surface area contributed by atoms with Crippen LogP contribution in [0, 0.1) is 13.8 Å². The summed E-state index contributed by atoms with van der Waals surface area (Å²) in [4.78, 5) is 12.9. The number of aryl methyl sites for hydroxylation is 2. The van der Waals surface area contributed by atoms with Crippen molar-refractivity contribution in [1.82, 2.24) is 9.78 Å². The number of hydrogen-bond acceptors (Lipinski definition) is 4. The molecule has 0 radical (unpaired) electrons. The molecule has 1 amide bonds. The van der Waals surface area contributed by atoms with Crippen molar-refractivity contribution in [3.63, 3.8) is 0 Å². The maximum absolute atomic E-state index is 12.2. The van der Waals surface area contributed by atoms with E-state index in [9.17, 15) is 4.79 Å². The van der Waals surface area contributed by atoms with Crippen LogP contribution in [0.3, 0.4) is 0 Å². The molecule has 0 spiro atoms. The Morgan fingerprint density at radius 3 is 2.96 bits per heavy atom. The Labute approximate surface area is 144 Å². The van der Waals surface area contributed by atoms with Crippen LogP contribution in [0.5, 0.6) is 5.75 Å². The van der Waals surface area contributed by atoms with E-state index in [-0.39, 0.29) is 5.91 Å². The molecule has 3 rings (SSSR count). The molecule has 0 aliphatic carbocycles. The number of amides is 1. The number of hydrogen-bond donors (Lipinski definition) is 1. The van der Waals surface area contributed by atoms with Gasteiger partial charge in [0.05, 0.1) is 16.8 Å². The van der Waals surface area contributed by atoms with Gasteiger partial charge in [0.1, 0.15) is 12.4 Å².